The van der Waals surface area contributed by atoms with Crippen molar-refractivity contribution in [2.24, 2.45) is 5.73 Å². The topological polar surface area (TPSA) is 92.4 Å². The summed E-state index contributed by atoms with van der Waals surface area (Å²) < 4.78 is 0. The fourth-order valence-corrected chi connectivity index (χ4v) is 0.853. The number of amides is 1. The summed E-state index contributed by atoms with van der Waals surface area (Å²) in [6, 6.07) is -0.112. The highest BCUT2D eigenvalue weighted by Crippen LogP contribution is 1.95. The first kappa shape index (κ1) is 12.2. The molecule has 0 aliphatic carbocycles. The smallest absolute Gasteiger partial charge is 0.322 e. The fourth-order valence-electron chi connectivity index (χ4n) is 0.670. The van der Waals surface area contributed by atoms with Crippen molar-refractivity contribution in [2.75, 3.05) is 12.3 Å². The van der Waals surface area contributed by atoms with Gasteiger partial charge in [0.1, 0.15) is 6.54 Å². The molecule has 1 atom stereocenters. The van der Waals surface area contributed by atoms with Crippen LogP contribution in [0.15, 0.2) is 0 Å². The molecule has 5 nitrogen and oxygen atoms in total. The summed E-state index contributed by atoms with van der Waals surface area (Å²) in [6.07, 6.45) is 0.768. The Morgan fingerprint density at radius 1 is 1.54 bits per heavy atom. The lowest BCUT2D eigenvalue weighted by Gasteiger charge is -2.06. The van der Waals surface area contributed by atoms with Gasteiger partial charge in [-0.2, -0.15) is 12.6 Å². The van der Waals surface area contributed by atoms with Crippen LogP contribution in [0, 0.1) is 0 Å². The van der Waals surface area contributed by atoms with E-state index < -0.39 is 5.97 Å². The molecule has 0 fully saturated rings. The Kier molecular flexibility index (Phi) is 6.34. The molecule has 0 aromatic carbocycles. The molecule has 0 radical (unpaired) electrons. The van der Waals surface area contributed by atoms with Gasteiger partial charge >= 0.3 is 5.97 Å². The second kappa shape index (κ2) is 6.73. The van der Waals surface area contributed by atoms with Gasteiger partial charge in [0.25, 0.3) is 0 Å². The van der Waals surface area contributed by atoms with Crippen LogP contribution in [0.1, 0.15) is 12.8 Å². The van der Waals surface area contributed by atoms with E-state index in [9.17, 15) is 9.59 Å². The summed E-state index contributed by atoms with van der Waals surface area (Å²) in [5.41, 5.74) is 5.50. The van der Waals surface area contributed by atoms with Crippen LogP contribution in [0.25, 0.3) is 0 Å². The summed E-state index contributed by atoms with van der Waals surface area (Å²) >= 11 is 3.95. The van der Waals surface area contributed by atoms with E-state index in [1.54, 1.807) is 0 Å². The average molecular weight is 206 g/mol. The first-order chi connectivity index (χ1) is 6.06. The highest BCUT2D eigenvalue weighted by atomic mass is 32.1. The molecule has 0 aromatic rings. The number of aliphatic carboxylic acids is 1. The van der Waals surface area contributed by atoms with E-state index >= 15 is 0 Å². The number of hydrogen-bond acceptors (Lipinski definition) is 4. The van der Waals surface area contributed by atoms with Crippen molar-refractivity contribution in [3.8, 4) is 0 Å². The van der Waals surface area contributed by atoms with Gasteiger partial charge in [0, 0.05) is 18.2 Å². The third kappa shape index (κ3) is 7.61. The molecule has 0 saturated carbocycles. The van der Waals surface area contributed by atoms with Crippen molar-refractivity contribution in [1.29, 1.82) is 0 Å². The fraction of sp³-hybridized carbons (Fsp3) is 0.714. The SMILES string of the molecule is NC(CS)CCC(=O)NCC(=O)O. The van der Waals surface area contributed by atoms with E-state index in [-0.39, 0.29) is 24.9 Å². The van der Waals surface area contributed by atoms with Gasteiger partial charge in [-0.1, -0.05) is 0 Å². The van der Waals surface area contributed by atoms with Gasteiger partial charge in [0.2, 0.25) is 5.91 Å². The highest BCUT2D eigenvalue weighted by molar-refractivity contribution is 7.80. The van der Waals surface area contributed by atoms with Crippen molar-refractivity contribution in [3.05, 3.63) is 0 Å². The molecule has 0 bridgehead atoms. The maximum atomic E-state index is 10.9. The Balaban J connectivity index is 3.46. The zero-order chi connectivity index (χ0) is 10.3. The molecule has 0 aromatic heterocycles. The molecule has 1 amide bonds. The number of hydrogen-bond donors (Lipinski definition) is 4. The molecule has 13 heavy (non-hydrogen) atoms. The third-order valence-corrected chi connectivity index (χ3v) is 1.88. The number of rotatable bonds is 6. The number of nitrogens with one attached hydrogen (secondary N) is 1. The Bertz CT molecular complexity index is 187. The van der Waals surface area contributed by atoms with Crippen LogP contribution in [0.2, 0.25) is 0 Å². The number of carbonyl (C=O) groups is 2. The van der Waals surface area contributed by atoms with Gasteiger partial charge in [-0.05, 0) is 6.42 Å². The number of nitrogens with two attached hydrogens (primary N) is 1. The summed E-state index contributed by atoms with van der Waals surface area (Å²) in [6.45, 7) is -0.338. The minimum absolute atomic E-state index is 0.112. The van der Waals surface area contributed by atoms with Crippen molar-refractivity contribution >= 4 is 24.5 Å². The van der Waals surface area contributed by atoms with Gasteiger partial charge in [-0.15, -0.1) is 0 Å². The molecule has 76 valence electrons. The van der Waals surface area contributed by atoms with E-state index in [4.69, 9.17) is 10.8 Å². The van der Waals surface area contributed by atoms with E-state index in [2.05, 4.69) is 17.9 Å². The lowest BCUT2D eigenvalue weighted by atomic mass is 10.2. The summed E-state index contributed by atoms with van der Waals surface area (Å²) in [5.74, 6) is -0.821. The van der Waals surface area contributed by atoms with E-state index in [0.717, 1.165) is 0 Å². The average Bonchev–Trinajstić information content (AvgIpc) is 2.10. The minimum atomic E-state index is -1.05. The molecule has 0 saturated heterocycles. The molecule has 0 aliphatic rings. The van der Waals surface area contributed by atoms with Crippen LogP contribution in [-0.2, 0) is 9.59 Å². The van der Waals surface area contributed by atoms with Crippen molar-refractivity contribution < 1.29 is 14.7 Å². The summed E-state index contributed by atoms with van der Waals surface area (Å²) in [7, 11) is 0. The first-order valence-corrected chi connectivity index (χ1v) is 4.54. The van der Waals surface area contributed by atoms with Gasteiger partial charge in [0.15, 0.2) is 0 Å². The number of thiol groups is 1. The molecule has 0 rings (SSSR count). The predicted octanol–water partition coefficient (Wildman–Crippen LogP) is -0.776. The molecule has 1 unspecified atom stereocenters. The molecule has 4 N–H and O–H groups in total. The molecule has 0 spiro atoms. The maximum Gasteiger partial charge on any atom is 0.322 e. The summed E-state index contributed by atoms with van der Waals surface area (Å²) in [4.78, 5) is 21.0. The van der Waals surface area contributed by atoms with Crippen LogP contribution in [0.5, 0.6) is 0 Å². The third-order valence-electron chi connectivity index (χ3n) is 1.41. The monoisotopic (exact) mass is 206 g/mol. The molecule has 6 heteroatoms. The van der Waals surface area contributed by atoms with Crippen molar-refractivity contribution in [3.63, 3.8) is 0 Å². The Labute approximate surface area is 82.1 Å². The molecular weight excluding hydrogens is 192 g/mol. The number of carboxylic acid groups (broad SMARTS) is 1. The zero-order valence-corrected chi connectivity index (χ0v) is 8.09. The highest BCUT2D eigenvalue weighted by Gasteiger charge is 2.06. The van der Waals surface area contributed by atoms with Crippen LogP contribution in [0.3, 0.4) is 0 Å². The largest absolute Gasteiger partial charge is 0.480 e. The molecule has 0 heterocycles. The molecule has 0 aliphatic heterocycles. The van der Waals surface area contributed by atoms with Crippen LogP contribution >= 0.6 is 12.6 Å². The summed E-state index contributed by atoms with van der Waals surface area (Å²) in [5, 5.41) is 10.5. The van der Waals surface area contributed by atoms with Crippen LogP contribution < -0.4 is 11.1 Å². The van der Waals surface area contributed by atoms with Crippen molar-refractivity contribution in [2.45, 2.75) is 18.9 Å². The Morgan fingerprint density at radius 2 is 2.15 bits per heavy atom. The maximum absolute atomic E-state index is 10.9. The van der Waals surface area contributed by atoms with E-state index in [1.807, 2.05) is 0 Å². The first-order valence-electron chi connectivity index (χ1n) is 3.91. The van der Waals surface area contributed by atoms with Gasteiger partial charge in [-0.3, -0.25) is 9.59 Å². The van der Waals surface area contributed by atoms with E-state index in [1.165, 1.54) is 0 Å². The Hall–Kier alpha value is -0.750. The molecular formula is C7H14N2O3S. The minimum Gasteiger partial charge on any atom is -0.480 e. The van der Waals surface area contributed by atoms with Crippen LogP contribution in [-0.4, -0.2) is 35.3 Å². The van der Waals surface area contributed by atoms with E-state index in [0.29, 0.717) is 12.2 Å². The standard InChI is InChI=1S/C7H14N2O3S/c8-5(4-13)1-2-6(10)9-3-7(11)12/h5,13H,1-4,8H2,(H,9,10)(H,11,12). The lowest BCUT2D eigenvalue weighted by molar-refractivity contribution is -0.137. The quantitative estimate of drug-likeness (QED) is 0.429. The lowest BCUT2D eigenvalue weighted by Crippen LogP contribution is -2.31. The van der Waals surface area contributed by atoms with Gasteiger partial charge < -0.3 is 16.2 Å². The van der Waals surface area contributed by atoms with Crippen molar-refractivity contribution in [1.82, 2.24) is 5.32 Å². The van der Waals surface area contributed by atoms with Gasteiger partial charge in [0.05, 0.1) is 0 Å². The number of carbonyl (C=O) groups excluding carboxylic acids is 1. The predicted molar refractivity (Wildman–Crippen MR) is 51.7 cm³/mol. The Morgan fingerprint density at radius 3 is 2.62 bits per heavy atom. The normalized spacial score (nSPS) is 12.2. The second-order valence-electron chi connectivity index (χ2n) is 2.65. The number of carboxylic acids is 1. The van der Waals surface area contributed by atoms with Crippen LogP contribution in [0.4, 0.5) is 0 Å². The zero-order valence-electron chi connectivity index (χ0n) is 7.19. The van der Waals surface area contributed by atoms with Gasteiger partial charge in [-0.25, -0.2) is 0 Å². The second-order valence-corrected chi connectivity index (χ2v) is 3.02.